The molecule has 2 heteroatoms. The number of carbonyl (C=O) groups excluding carboxylic acids is 1. The number of hydrogen-bond donors (Lipinski definition) is 1. The molecule has 0 aromatic heterocycles. The van der Waals surface area contributed by atoms with Crippen molar-refractivity contribution in [1.29, 1.82) is 0 Å². The highest BCUT2D eigenvalue weighted by Crippen LogP contribution is 2.30. The van der Waals surface area contributed by atoms with E-state index in [2.05, 4.69) is 53.1 Å². The Kier molecular flexibility index (Phi) is 9.65. The van der Waals surface area contributed by atoms with Gasteiger partial charge in [-0.05, 0) is 37.2 Å². The summed E-state index contributed by atoms with van der Waals surface area (Å²) in [5.41, 5.74) is 3.23. The Morgan fingerprint density at radius 3 is 2.21 bits per heavy atom. The van der Waals surface area contributed by atoms with E-state index in [1.807, 2.05) is 32.1 Å². The number of hydrogen-bond acceptors (Lipinski definition) is 1. The zero-order valence-electron chi connectivity index (χ0n) is 16.8. The van der Waals surface area contributed by atoms with Crippen molar-refractivity contribution in [1.82, 2.24) is 5.32 Å². The second-order valence-electron chi connectivity index (χ2n) is 8.13. The summed E-state index contributed by atoms with van der Waals surface area (Å²) < 4.78 is 0. The molecular weight excluding hydrogens is 294 g/mol. The first-order chi connectivity index (χ1) is 11.0. The van der Waals surface area contributed by atoms with Gasteiger partial charge in [0.25, 0.3) is 0 Å². The summed E-state index contributed by atoms with van der Waals surface area (Å²) in [6, 6.07) is 0. The van der Waals surface area contributed by atoms with Gasteiger partial charge in [-0.3, -0.25) is 4.79 Å². The molecule has 0 aliphatic heterocycles. The van der Waals surface area contributed by atoms with E-state index in [0.717, 1.165) is 29.6 Å². The van der Waals surface area contributed by atoms with Crippen molar-refractivity contribution >= 4 is 5.91 Å². The summed E-state index contributed by atoms with van der Waals surface area (Å²) in [7, 11) is 0. The summed E-state index contributed by atoms with van der Waals surface area (Å²) in [5.74, 6) is 0.574. The van der Waals surface area contributed by atoms with E-state index in [0.29, 0.717) is 12.5 Å². The van der Waals surface area contributed by atoms with E-state index in [1.165, 1.54) is 0 Å². The Hall–Kier alpha value is -1.57. The predicted octanol–water partition coefficient (Wildman–Crippen LogP) is 5.84. The normalized spacial score (nSPS) is 15.6. The number of allylic oxidation sites excluding steroid dienone is 4. The van der Waals surface area contributed by atoms with Crippen LogP contribution in [0.3, 0.4) is 0 Å². The zero-order chi connectivity index (χ0) is 18.9. The van der Waals surface area contributed by atoms with Crippen molar-refractivity contribution in [3.05, 3.63) is 48.1 Å². The Balaban J connectivity index is 5.14. The SMILES string of the molecule is C=C/C(C)=C\C(=C/C(=C)C)CNC(=O)C(CC(C)(C)C)C(C)CC. The van der Waals surface area contributed by atoms with Crippen LogP contribution in [0.1, 0.15) is 61.3 Å². The first-order valence-electron chi connectivity index (χ1n) is 8.94. The first-order valence-corrected chi connectivity index (χ1v) is 8.94. The minimum atomic E-state index is 0.0468. The third kappa shape index (κ3) is 9.54. The standard InChI is InChI=1S/C22H37NO/c1-10-17(5)13-19(12-16(3)4)15-23-21(24)20(18(6)11-2)14-22(7,8)9/h10,12-13,18,20H,1,3,11,14-15H2,2,4-9H3,(H,23,24)/b17-13-,19-12+. The molecule has 2 atom stereocenters. The second kappa shape index (κ2) is 10.3. The van der Waals surface area contributed by atoms with Crippen molar-refractivity contribution < 1.29 is 4.79 Å². The molecule has 2 nitrogen and oxygen atoms in total. The van der Waals surface area contributed by atoms with Gasteiger partial charge in [-0.2, -0.15) is 0 Å². The second-order valence-corrected chi connectivity index (χ2v) is 8.13. The van der Waals surface area contributed by atoms with Crippen LogP contribution in [0.4, 0.5) is 0 Å². The fourth-order valence-electron chi connectivity index (χ4n) is 2.63. The van der Waals surface area contributed by atoms with Crippen LogP contribution in [0.2, 0.25) is 0 Å². The van der Waals surface area contributed by atoms with Gasteiger partial charge in [-0.1, -0.05) is 83.6 Å². The van der Waals surface area contributed by atoms with Gasteiger partial charge in [0.05, 0.1) is 0 Å². The average Bonchev–Trinajstić information content (AvgIpc) is 2.47. The van der Waals surface area contributed by atoms with Crippen LogP contribution in [0.5, 0.6) is 0 Å². The van der Waals surface area contributed by atoms with Gasteiger partial charge in [0.1, 0.15) is 0 Å². The largest absolute Gasteiger partial charge is 0.352 e. The summed E-state index contributed by atoms with van der Waals surface area (Å²) in [4.78, 5) is 12.8. The summed E-state index contributed by atoms with van der Waals surface area (Å²) in [6.45, 7) is 23.1. The lowest BCUT2D eigenvalue weighted by molar-refractivity contribution is -0.127. The van der Waals surface area contributed by atoms with Crippen LogP contribution in [-0.4, -0.2) is 12.5 Å². The Morgan fingerprint density at radius 2 is 1.79 bits per heavy atom. The van der Waals surface area contributed by atoms with Gasteiger partial charge in [-0.15, -0.1) is 0 Å². The first kappa shape index (κ1) is 22.4. The monoisotopic (exact) mass is 331 g/mol. The van der Waals surface area contributed by atoms with Crippen molar-refractivity contribution in [3.8, 4) is 0 Å². The molecule has 0 saturated carbocycles. The minimum absolute atomic E-state index is 0.0468. The van der Waals surface area contributed by atoms with Crippen LogP contribution in [-0.2, 0) is 4.79 Å². The van der Waals surface area contributed by atoms with Crippen LogP contribution < -0.4 is 5.32 Å². The third-order valence-corrected chi connectivity index (χ3v) is 4.13. The highest BCUT2D eigenvalue weighted by molar-refractivity contribution is 5.79. The fraction of sp³-hybridized carbons (Fsp3) is 0.591. The molecule has 0 rings (SSSR count). The molecule has 0 bridgehead atoms. The smallest absolute Gasteiger partial charge is 0.223 e. The topological polar surface area (TPSA) is 29.1 Å². The van der Waals surface area contributed by atoms with E-state index in [1.54, 1.807) is 0 Å². The molecule has 0 spiro atoms. The van der Waals surface area contributed by atoms with E-state index >= 15 is 0 Å². The number of nitrogens with one attached hydrogen (secondary N) is 1. The molecule has 0 saturated heterocycles. The van der Waals surface area contributed by atoms with Crippen LogP contribution in [0.15, 0.2) is 48.1 Å². The number of rotatable bonds is 9. The minimum Gasteiger partial charge on any atom is -0.352 e. The lowest BCUT2D eigenvalue weighted by Crippen LogP contribution is -2.37. The van der Waals surface area contributed by atoms with Crippen LogP contribution in [0, 0.1) is 17.3 Å². The number of carbonyl (C=O) groups is 1. The van der Waals surface area contributed by atoms with Gasteiger partial charge in [0.2, 0.25) is 5.91 Å². The van der Waals surface area contributed by atoms with Gasteiger partial charge in [0, 0.05) is 12.5 Å². The highest BCUT2D eigenvalue weighted by atomic mass is 16.1. The maximum atomic E-state index is 12.8. The Bertz CT molecular complexity index is 503. The lowest BCUT2D eigenvalue weighted by atomic mass is 9.78. The van der Waals surface area contributed by atoms with Gasteiger partial charge >= 0.3 is 0 Å². The maximum Gasteiger partial charge on any atom is 0.223 e. The molecule has 1 N–H and O–H groups in total. The molecule has 0 aliphatic rings. The summed E-state index contributed by atoms with van der Waals surface area (Å²) >= 11 is 0. The zero-order valence-corrected chi connectivity index (χ0v) is 16.8. The molecule has 24 heavy (non-hydrogen) atoms. The summed E-state index contributed by atoms with van der Waals surface area (Å²) in [6.07, 6.45) is 7.78. The summed E-state index contributed by atoms with van der Waals surface area (Å²) in [5, 5.41) is 3.13. The average molecular weight is 332 g/mol. The number of amides is 1. The van der Waals surface area contributed by atoms with E-state index in [4.69, 9.17) is 0 Å². The van der Waals surface area contributed by atoms with Crippen LogP contribution in [0.25, 0.3) is 0 Å². The molecule has 0 radical (unpaired) electrons. The molecule has 0 fully saturated rings. The molecule has 1 amide bonds. The van der Waals surface area contributed by atoms with E-state index in [-0.39, 0.29) is 17.2 Å². The van der Waals surface area contributed by atoms with Crippen molar-refractivity contribution in [3.63, 3.8) is 0 Å². The lowest BCUT2D eigenvalue weighted by Gasteiger charge is -2.29. The molecule has 0 aliphatic carbocycles. The third-order valence-electron chi connectivity index (χ3n) is 4.13. The predicted molar refractivity (Wildman–Crippen MR) is 107 cm³/mol. The molecule has 136 valence electrons. The van der Waals surface area contributed by atoms with Gasteiger partial charge in [0.15, 0.2) is 0 Å². The Labute approximate surface area is 149 Å². The highest BCUT2D eigenvalue weighted by Gasteiger charge is 2.28. The fourth-order valence-corrected chi connectivity index (χ4v) is 2.63. The van der Waals surface area contributed by atoms with Crippen molar-refractivity contribution in [2.24, 2.45) is 17.3 Å². The van der Waals surface area contributed by atoms with E-state index in [9.17, 15) is 4.79 Å². The van der Waals surface area contributed by atoms with Crippen LogP contribution >= 0.6 is 0 Å². The Morgan fingerprint density at radius 1 is 1.21 bits per heavy atom. The molecule has 2 unspecified atom stereocenters. The quantitative estimate of drug-likeness (QED) is 0.529. The van der Waals surface area contributed by atoms with Gasteiger partial charge in [-0.25, -0.2) is 0 Å². The van der Waals surface area contributed by atoms with Crippen molar-refractivity contribution in [2.45, 2.75) is 61.3 Å². The molecule has 0 aromatic carbocycles. The molecule has 0 aromatic rings. The van der Waals surface area contributed by atoms with Gasteiger partial charge < -0.3 is 5.32 Å². The van der Waals surface area contributed by atoms with E-state index < -0.39 is 0 Å². The molecule has 0 heterocycles. The molecular formula is C22H37NO. The maximum absolute atomic E-state index is 12.8. The van der Waals surface area contributed by atoms with Crippen molar-refractivity contribution in [2.75, 3.05) is 6.54 Å².